The molecule has 1 aromatic carbocycles. The predicted molar refractivity (Wildman–Crippen MR) is 69.7 cm³/mol. The second-order valence-electron chi connectivity index (χ2n) is 2.55. The van der Waals surface area contributed by atoms with Gasteiger partial charge in [0.15, 0.2) is 0 Å². The van der Waals surface area contributed by atoms with E-state index in [0.717, 1.165) is 5.56 Å². The van der Waals surface area contributed by atoms with E-state index in [9.17, 15) is 0 Å². The summed E-state index contributed by atoms with van der Waals surface area (Å²) in [5.74, 6) is 2.75. The van der Waals surface area contributed by atoms with Gasteiger partial charge in [0.25, 0.3) is 0 Å². The lowest BCUT2D eigenvalue weighted by atomic mass is 10.2. The highest BCUT2D eigenvalue weighted by atomic mass is 32.2. The summed E-state index contributed by atoms with van der Waals surface area (Å²) in [6.45, 7) is 0. The van der Waals surface area contributed by atoms with Gasteiger partial charge >= 0.3 is 0 Å². The Morgan fingerprint density at radius 2 is 1.79 bits per heavy atom. The quantitative estimate of drug-likeness (QED) is 0.582. The maximum atomic E-state index is 5.49. The predicted octanol–water partition coefficient (Wildman–Crippen LogP) is 3.83. The van der Waals surface area contributed by atoms with Crippen LogP contribution >= 0.6 is 35.3 Å². The third-order valence-corrected chi connectivity index (χ3v) is 4.29. The molecule has 0 nitrogen and oxygen atoms in total. The van der Waals surface area contributed by atoms with Gasteiger partial charge in [-0.3, -0.25) is 0 Å². The largest absolute Gasteiger partial charge is 0.130 e. The Morgan fingerprint density at radius 1 is 1.07 bits per heavy atom. The van der Waals surface area contributed by atoms with Crippen LogP contribution in [0.25, 0.3) is 0 Å². The fourth-order valence-electron chi connectivity index (χ4n) is 1.16. The van der Waals surface area contributed by atoms with Crippen molar-refractivity contribution in [2.24, 2.45) is 0 Å². The van der Waals surface area contributed by atoms with Gasteiger partial charge in [0.1, 0.15) is 0 Å². The van der Waals surface area contributed by atoms with Crippen molar-refractivity contribution < 1.29 is 0 Å². The summed E-state index contributed by atoms with van der Waals surface area (Å²) in [6, 6.07) is 4.28. The van der Waals surface area contributed by atoms with Crippen molar-refractivity contribution in [2.45, 2.75) is 14.7 Å². The third-order valence-electron chi connectivity index (χ3n) is 1.84. The van der Waals surface area contributed by atoms with Gasteiger partial charge in [-0.2, -0.15) is 0 Å². The molecule has 0 amide bonds. The van der Waals surface area contributed by atoms with E-state index in [2.05, 4.69) is 36.8 Å². The van der Waals surface area contributed by atoms with E-state index in [1.54, 1.807) is 35.3 Å². The van der Waals surface area contributed by atoms with Crippen LogP contribution in [0.1, 0.15) is 5.56 Å². The molecule has 0 aliphatic carbocycles. The van der Waals surface area contributed by atoms with Crippen LogP contribution in [0.5, 0.6) is 0 Å². The monoisotopic (exact) mass is 240 g/mol. The van der Waals surface area contributed by atoms with Gasteiger partial charge in [0, 0.05) is 20.2 Å². The number of thioether (sulfide) groups is 3. The van der Waals surface area contributed by atoms with E-state index in [4.69, 9.17) is 6.42 Å². The zero-order valence-corrected chi connectivity index (χ0v) is 10.9. The van der Waals surface area contributed by atoms with Gasteiger partial charge in [-0.15, -0.1) is 41.7 Å². The van der Waals surface area contributed by atoms with E-state index in [-0.39, 0.29) is 0 Å². The standard InChI is InChI=1S/C11H12S3/c1-5-8-6-9(12-2)7-10(13-3)11(8)14-4/h1,6-7H,2-4H3. The van der Waals surface area contributed by atoms with Crippen LogP contribution in [0.2, 0.25) is 0 Å². The molecule has 0 aliphatic heterocycles. The molecule has 1 aromatic rings. The maximum Gasteiger partial charge on any atom is 0.0400 e. The number of terminal acetylenes is 1. The molecule has 0 radical (unpaired) electrons. The summed E-state index contributed by atoms with van der Waals surface area (Å²) in [5.41, 5.74) is 1.01. The summed E-state index contributed by atoms with van der Waals surface area (Å²) in [7, 11) is 0. The lowest BCUT2D eigenvalue weighted by Gasteiger charge is -2.09. The second kappa shape index (κ2) is 5.65. The van der Waals surface area contributed by atoms with Crippen LogP contribution in [-0.2, 0) is 0 Å². The molecule has 0 heterocycles. The molecule has 0 fully saturated rings. The Balaban J connectivity index is 3.34. The number of rotatable bonds is 3. The third kappa shape index (κ3) is 2.44. The Morgan fingerprint density at radius 3 is 2.21 bits per heavy atom. The first-order valence-corrected chi connectivity index (χ1v) is 7.70. The Bertz CT molecular complexity index is 364. The van der Waals surface area contributed by atoms with Crippen LogP contribution in [0.3, 0.4) is 0 Å². The molecule has 0 spiro atoms. The second-order valence-corrected chi connectivity index (χ2v) is 5.10. The molecule has 0 bridgehead atoms. The highest BCUT2D eigenvalue weighted by Gasteiger charge is 2.07. The molecule has 1 rings (SSSR count). The van der Waals surface area contributed by atoms with E-state index in [1.165, 1.54) is 14.7 Å². The van der Waals surface area contributed by atoms with Crippen molar-refractivity contribution in [3.8, 4) is 12.3 Å². The number of hydrogen-bond acceptors (Lipinski definition) is 3. The smallest absolute Gasteiger partial charge is 0.0400 e. The molecule has 74 valence electrons. The Hall–Kier alpha value is -0.170. The normalized spacial score (nSPS) is 9.86. The van der Waals surface area contributed by atoms with Crippen molar-refractivity contribution in [3.63, 3.8) is 0 Å². The minimum absolute atomic E-state index is 1.01. The average molecular weight is 240 g/mol. The fourth-order valence-corrected chi connectivity index (χ4v) is 3.35. The molecule has 0 atom stereocenters. The molecule has 0 aliphatic rings. The molecule has 0 saturated carbocycles. The summed E-state index contributed by atoms with van der Waals surface area (Å²) >= 11 is 5.20. The Labute approximate surface area is 98.6 Å². The van der Waals surface area contributed by atoms with Crippen LogP contribution in [0, 0.1) is 12.3 Å². The minimum Gasteiger partial charge on any atom is -0.130 e. The van der Waals surface area contributed by atoms with E-state index in [1.807, 2.05) is 0 Å². The van der Waals surface area contributed by atoms with Crippen LogP contribution in [0.4, 0.5) is 0 Å². The van der Waals surface area contributed by atoms with Crippen LogP contribution in [0.15, 0.2) is 26.8 Å². The first-order valence-electron chi connectivity index (χ1n) is 4.03. The maximum absolute atomic E-state index is 5.49. The molecule has 0 aromatic heterocycles. The van der Waals surface area contributed by atoms with Gasteiger partial charge in [-0.1, -0.05) is 5.92 Å². The molecule has 0 unspecified atom stereocenters. The van der Waals surface area contributed by atoms with Crippen molar-refractivity contribution in [1.82, 2.24) is 0 Å². The van der Waals surface area contributed by atoms with Crippen molar-refractivity contribution in [3.05, 3.63) is 17.7 Å². The van der Waals surface area contributed by atoms with Crippen LogP contribution in [-0.4, -0.2) is 18.8 Å². The van der Waals surface area contributed by atoms with Gasteiger partial charge < -0.3 is 0 Å². The molecular weight excluding hydrogens is 228 g/mol. The van der Waals surface area contributed by atoms with Crippen molar-refractivity contribution in [2.75, 3.05) is 18.8 Å². The number of benzene rings is 1. The van der Waals surface area contributed by atoms with Crippen LogP contribution < -0.4 is 0 Å². The van der Waals surface area contributed by atoms with E-state index in [0.29, 0.717) is 0 Å². The molecule has 0 N–H and O–H groups in total. The van der Waals surface area contributed by atoms with Gasteiger partial charge in [0.05, 0.1) is 0 Å². The fraction of sp³-hybridized carbons (Fsp3) is 0.273. The van der Waals surface area contributed by atoms with Crippen molar-refractivity contribution >= 4 is 35.3 Å². The summed E-state index contributed by atoms with van der Waals surface area (Å²) in [6.07, 6.45) is 11.7. The highest BCUT2D eigenvalue weighted by molar-refractivity contribution is 8.01. The molecular formula is C11H12S3. The summed E-state index contributed by atoms with van der Waals surface area (Å²) in [4.78, 5) is 3.73. The van der Waals surface area contributed by atoms with Crippen molar-refractivity contribution in [1.29, 1.82) is 0 Å². The summed E-state index contributed by atoms with van der Waals surface area (Å²) < 4.78 is 0. The minimum atomic E-state index is 1.01. The topological polar surface area (TPSA) is 0 Å². The zero-order valence-electron chi connectivity index (χ0n) is 8.46. The average Bonchev–Trinajstić information content (AvgIpc) is 2.26. The zero-order chi connectivity index (χ0) is 10.6. The van der Waals surface area contributed by atoms with Gasteiger partial charge in [0.2, 0.25) is 0 Å². The first-order chi connectivity index (χ1) is 6.76. The number of hydrogen-bond donors (Lipinski definition) is 0. The summed E-state index contributed by atoms with van der Waals surface area (Å²) in [5, 5.41) is 0. The van der Waals surface area contributed by atoms with E-state index < -0.39 is 0 Å². The Kier molecular flexibility index (Phi) is 4.80. The highest BCUT2D eigenvalue weighted by Crippen LogP contribution is 2.34. The van der Waals surface area contributed by atoms with Gasteiger partial charge in [-0.25, -0.2) is 0 Å². The first kappa shape index (κ1) is 11.9. The SMILES string of the molecule is C#Cc1cc(SC)cc(SC)c1SC. The lowest BCUT2D eigenvalue weighted by Crippen LogP contribution is -1.86. The van der Waals surface area contributed by atoms with E-state index >= 15 is 0 Å². The molecule has 14 heavy (non-hydrogen) atoms. The molecule has 0 saturated heterocycles. The van der Waals surface area contributed by atoms with Gasteiger partial charge in [-0.05, 0) is 30.9 Å². The molecule has 3 heteroatoms. The lowest BCUT2D eigenvalue weighted by molar-refractivity contribution is 1.17.